The Kier molecular flexibility index (Phi) is 4.84. The molecule has 1 aliphatic rings. The molecule has 0 saturated carbocycles. The quantitative estimate of drug-likeness (QED) is 0.769. The molecule has 1 N–H and O–H groups in total. The van der Waals surface area contributed by atoms with Crippen LogP contribution in [0.25, 0.3) is 10.9 Å². The number of para-hydroxylation sites is 1. The predicted octanol–water partition coefficient (Wildman–Crippen LogP) is 3.54. The molecular weight excluding hydrogens is 336 g/mol. The van der Waals surface area contributed by atoms with E-state index < -0.39 is 0 Å². The molecule has 1 aromatic carbocycles. The molecule has 0 bridgehead atoms. The predicted molar refractivity (Wildman–Crippen MR) is 107 cm³/mol. The SMILES string of the molecule is CCc1cc(N2CCCC(Nc3cc(C#N)nc4ccccc34)C2)ncn1. The van der Waals surface area contributed by atoms with Crippen LogP contribution in [0.3, 0.4) is 0 Å². The third-order valence-corrected chi connectivity index (χ3v) is 5.01. The van der Waals surface area contributed by atoms with E-state index in [1.807, 2.05) is 30.3 Å². The zero-order valence-electron chi connectivity index (χ0n) is 15.4. The maximum Gasteiger partial charge on any atom is 0.143 e. The number of fused-ring (bicyclic) bond motifs is 1. The lowest BCUT2D eigenvalue weighted by atomic mass is 10.0. The summed E-state index contributed by atoms with van der Waals surface area (Å²) < 4.78 is 0. The minimum absolute atomic E-state index is 0.288. The van der Waals surface area contributed by atoms with E-state index in [1.165, 1.54) is 0 Å². The van der Waals surface area contributed by atoms with Gasteiger partial charge in [0.05, 0.1) is 5.52 Å². The van der Waals surface area contributed by atoms with E-state index in [0.717, 1.165) is 60.5 Å². The van der Waals surface area contributed by atoms with Gasteiger partial charge in [0, 0.05) is 42.0 Å². The largest absolute Gasteiger partial charge is 0.380 e. The number of anilines is 2. The summed E-state index contributed by atoms with van der Waals surface area (Å²) in [6.07, 6.45) is 4.74. The van der Waals surface area contributed by atoms with E-state index >= 15 is 0 Å². The van der Waals surface area contributed by atoms with Gasteiger partial charge in [-0.25, -0.2) is 15.0 Å². The number of piperidine rings is 1. The van der Waals surface area contributed by atoms with Crippen LogP contribution in [-0.4, -0.2) is 34.1 Å². The fourth-order valence-electron chi connectivity index (χ4n) is 3.63. The molecule has 6 nitrogen and oxygen atoms in total. The Morgan fingerprint density at radius 3 is 3.00 bits per heavy atom. The van der Waals surface area contributed by atoms with Crippen molar-refractivity contribution in [2.24, 2.45) is 0 Å². The van der Waals surface area contributed by atoms with E-state index in [2.05, 4.69) is 44.2 Å². The second kappa shape index (κ2) is 7.58. The topological polar surface area (TPSA) is 77.7 Å². The van der Waals surface area contributed by atoms with E-state index in [0.29, 0.717) is 5.69 Å². The van der Waals surface area contributed by atoms with Crippen molar-refractivity contribution >= 4 is 22.4 Å². The number of hydrogen-bond donors (Lipinski definition) is 1. The van der Waals surface area contributed by atoms with E-state index in [4.69, 9.17) is 0 Å². The third kappa shape index (κ3) is 3.68. The summed E-state index contributed by atoms with van der Waals surface area (Å²) in [5, 5.41) is 14.0. The molecule has 4 rings (SSSR count). The standard InChI is InChI=1S/C21H22N6/c1-2-15-11-21(24-14-23-15)27-9-5-6-16(13-27)25-20-10-17(12-22)26-19-8-4-3-7-18(19)20/h3-4,7-8,10-11,14,16H,2,5-6,9,13H2,1H3,(H,25,26). The van der Waals surface area contributed by atoms with Crippen LogP contribution in [0.5, 0.6) is 0 Å². The summed E-state index contributed by atoms with van der Waals surface area (Å²) in [7, 11) is 0. The van der Waals surface area contributed by atoms with Crippen LogP contribution in [0.1, 0.15) is 31.2 Å². The fraction of sp³-hybridized carbons (Fsp3) is 0.333. The number of nitriles is 1. The maximum atomic E-state index is 9.30. The molecule has 3 aromatic rings. The highest BCUT2D eigenvalue weighted by Gasteiger charge is 2.22. The molecule has 136 valence electrons. The number of hydrogen-bond acceptors (Lipinski definition) is 6. The van der Waals surface area contributed by atoms with Crippen LogP contribution in [0.15, 0.2) is 42.7 Å². The Labute approximate surface area is 158 Å². The molecule has 1 fully saturated rings. The van der Waals surface area contributed by atoms with Crippen molar-refractivity contribution in [2.75, 3.05) is 23.3 Å². The number of nitrogens with one attached hydrogen (secondary N) is 1. The summed E-state index contributed by atoms with van der Waals surface area (Å²) in [5.41, 5.74) is 3.32. The zero-order valence-corrected chi connectivity index (χ0v) is 15.4. The summed E-state index contributed by atoms with van der Waals surface area (Å²) >= 11 is 0. The average Bonchev–Trinajstić information content (AvgIpc) is 2.74. The van der Waals surface area contributed by atoms with Gasteiger partial charge >= 0.3 is 0 Å². The number of aryl methyl sites for hydroxylation is 1. The van der Waals surface area contributed by atoms with Crippen molar-refractivity contribution in [1.82, 2.24) is 15.0 Å². The Balaban J connectivity index is 1.58. The van der Waals surface area contributed by atoms with Crippen LogP contribution in [0.4, 0.5) is 11.5 Å². The van der Waals surface area contributed by atoms with Crippen LogP contribution in [0, 0.1) is 11.3 Å². The Morgan fingerprint density at radius 1 is 1.26 bits per heavy atom. The van der Waals surface area contributed by atoms with Crippen molar-refractivity contribution in [1.29, 1.82) is 5.26 Å². The second-order valence-corrected chi connectivity index (χ2v) is 6.83. The summed E-state index contributed by atoms with van der Waals surface area (Å²) in [6.45, 7) is 3.98. The molecule has 1 saturated heterocycles. The number of benzene rings is 1. The average molecular weight is 358 g/mol. The first kappa shape index (κ1) is 17.2. The van der Waals surface area contributed by atoms with Gasteiger partial charge in [0.15, 0.2) is 0 Å². The van der Waals surface area contributed by atoms with E-state index in [-0.39, 0.29) is 6.04 Å². The highest BCUT2D eigenvalue weighted by Crippen LogP contribution is 2.26. The van der Waals surface area contributed by atoms with Crippen molar-refractivity contribution in [3.8, 4) is 6.07 Å². The molecule has 3 heterocycles. The molecule has 27 heavy (non-hydrogen) atoms. The first-order valence-corrected chi connectivity index (χ1v) is 9.39. The van der Waals surface area contributed by atoms with E-state index in [1.54, 1.807) is 6.33 Å². The Morgan fingerprint density at radius 2 is 2.15 bits per heavy atom. The second-order valence-electron chi connectivity index (χ2n) is 6.83. The van der Waals surface area contributed by atoms with Crippen LogP contribution < -0.4 is 10.2 Å². The van der Waals surface area contributed by atoms with E-state index in [9.17, 15) is 5.26 Å². The maximum absolute atomic E-state index is 9.30. The van der Waals surface area contributed by atoms with Crippen LogP contribution in [-0.2, 0) is 6.42 Å². The lowest BCUT2D eigenvalue weighted by Gasteiger charge is -2.34. The number of pyridine rings is 1. The summed E-state index contributed by atoms with van der Waals surface area (Å²) in [6, 6.07) is 14.3. The fourth-order valence-corrected chi connectivity index (χ4v) is 3.63. The van der Waals surface area contributed by atoms with Gasteiger partial charge in [0.1, 0.15) is 23.9 Å². The molecule has 2 aromatic heterocycles. The molecular formula is C21H22N6. The van der Waals surface area contributed by atoms with Gasteiger partial charge in [-0.15, -0.1) is 0 Å². The van der Waals surface area contributed by atoms with Gasteiger partial charge in [-0.1, -0.05) is 25.1 Å². The first-order valence-electron chi connectivity index (χ1n) is 9.39. The van der Waals surface area contributed by atoms with Crippen LogP contribution in [0.2, 0.25) is 0 Å². The number of rotatable bonds is 4. The lowest BCUT2D eigenvalue weighted by Crippen LogP contribution is -2.42. The van der Waals surface area contributed by atoms with Gasteiger partial charge in [0.25, 0.3) is 0 Å². The van der Waals surface area contributed by atoms with Crippen molar-refractivity contribution in [3.05, 3.63) is 54.1 Å². The molecule has 0 aliphatic carbocycles. The van der Waals surface area contributed by atoms with Gasteiger partial charge in [-0.2, -0.15) is 5.26 Å². The molecule has 1 aliphatic heterocycles. The van der Waals surface area contributed by atoms with Crippen LogP contribution >= 0.6 is 0 Å². The van der Waals surface area contributed by atoms with Crippen molar-refractivity contribution < 1.29 is 0 Å². The molecule has 1 atom stereocenters. The van der Waals surface area contributed by atoms with Gasteiger partial charge in [0.2, 0.25) is 0 Å². The molecule has 0 amide bonds. The van der Waals surface area contributed by atoms with Crippen molar-refractivity contribution in [2.45, 2.75) is 32.2 Å². The van der Waals surface area contributed by atoms with Gasteiger partial charge in [-0.3, -0.25) is 0 Å². The van der Waals surface area contributed by atoms with Gasteiger partial charge in [-0.05, 0) is 31.4 Å². The molecule has 0 spiro atoms. The van der Waals surface area contributed by atoms with Gasteiger partial charge < -0.3 is 10.2 Å². The Bertz CT molecular complexity index is 993. The highest BCUT2D eigenvalue weighted by atomic mass is 15.2. The molecule has 6 heteroatoms. The smallest absolute Gasteiger partial charge is 0.143 e. The summed E-state index contributed by atoms with van der Waals surface area (Å²) in [4.78, 5) is 15.5. The van der Waals surface area contributed by atoms with Crippen molar-refractivity contribution in [3.63, 3.8) is 0 Å². The normalized spacial score (nSPS) is 16.9. The molecule has 0 radical (unpaired) electrons. The third-order valence-electron chi connectivity index (χ3n) is 5.01. The monoisotopic (exact) mass is 358 g/mol. The first-order chi connectivity index (χ1) is 13.3. The minimum atomic E-state index is 0.288. The number of aromatic nitrogens is 3. The highest BCUT2D eigenvalue weighted by molar-refractivity contribution is 5.91. The Hall–Kier alpha value is -3.20. The zero-order chi connectivity index (χ0) is 18.6. The summed E-state index contributed by atoms with van der Waals surface area (Å²) in [5.74, 6) is 0.991. The minimum Gasteiger partial charge on any atom is -0.380 e. The number of nitrogens with zero attached hydrogens (tertiary/aromatic N) is 5. The lowest BCUT2D eigenvalue weighted by molar-refractivity contribution is 0.526. The molecule has 1 unspecified atom stereocenters.